The normalized spacial score (nSPS) is 13.0. The molecular weight excluding hydrogens is 512 g/mol. The molecule has 0 fully saturated rings. The largest absolute Gasteiger partial charge is 0.225 e. The van der Waals surface area contributed by atoms with Crippen molar-refractivity contribution in [2.24, 2.45) is 0 Å². The molecule has 0 aromatic heterocycles. The fraction of sp³-hybridized carbons (Fsp3) is 0.400. The minimum absolute atomic E-state index is 0.216. The van der Waals surface area contributed by atoms with E-state index in [2.05, 4.69) is 168 Å². The highest BCUT2D eigenvalue weighted by molar-refractivity contribution is 5.50. The predicted molar refractivity (Wildman–Crippen MR) is 177 cm³/mol. The Morgan fingerprint density at radius 2 is 0.714 bits per heavy atom. The van der Waals surface area contributed by atoms with Crippen molar-refractivity contribution in [1.29, 1.82) is 0 Å². The van der Waals surface area contributed by atoms with E-state index in [1.165, 1.54) is 44.5 Å². The minimum Gasteiger partial charge on any atom is -0.225 e. The van der Waals surface area contributed by atoms with Gasteiger partial charge in [-0.15, -0.1) is 0 Å². The molecule has 42 heavy (non-hydrogen) atoms. The summed E-state index contributed by atoms with van der Waals surface area (Å²) in [6, 6.07) is 30.8. The molecule has 222 valence electrons. The minimum atomic E-state index is -0.697. The summed E-state index contributed by atoms with van der Waals surface area (Å²) in [5.74, 6) is 0. The zero-order chi connectivity index (χ0) is 31.1. The van der Waals surface area contributed by atoms with Gasteiger partial charge in [0.25, 0.3) is 0 Å². The van der Waals surface area contributed by atoms with Crippen LogP contribution in [-0.4, -0.2) is 0 Å². The maximum Gasteiger partial charge on any atom is 0.123 e. The van der Waals surface area contributed by atoms with Gasteiger partial charge in [-0.1, -0.05) is 124 Å². The molecule has 4 aromatic carbocycles. The Morgan fingerprint density at radius 1 is 0.405 bits per heavy atom. The van der Waals surface area contributed by atoms with E-state index in [0.717, 1.165) is 11.1 Å². The van der Waals surface area contributed by atoms with Gasteiger partial charge in [0, 0.05) is 10.8 Å². The fourth-order valence-electron chi connectivity index (χ4n) is 6.53. The molecule has 0 radical (unpaired) electrons. The van der Waals surface area contributed by atoms with Crippen molar-refractivity contribution in [3.63, 3.8) is 0 Å². The molecule has 0 saturated carbocycles. The fourth-order valence-corrected chi connectivity index (χ4v) is 6.53. The summed E-state index contributed by atoms with van der Waals surface area (Å²) >= 11 is 0. The molecule has 2 nitrogen and oxygen atoms in total. The van der Waals surface area contributed by atoms with Gasteiger partial charge in [0.2, 0.25) is 0 Å². The summed E-state index contributed by atoms with van der Waals surface area (Å²) in [4.78, 5) is 13.0. The molecule has 0 heterocycles. The van der Waals surface area contributed by atoms with Crippen LogP contribution in [0.25, 0.3) is 0 Å². The van der Waals surface area contributed by atoms with Crippen molar-refractivity contribution in [1.82, 2.24) is 0 Å². The molecule has 0 aliphatic rings. The van der Waals surface area contributed by atoms with Crippen LogP contribution in [0, 0.1) is 27.7 Å². The van der Waals surface area contributed by atoms with Crippen LogP contribution in [0.3, 0.4) is 0 Å². The molecule has 2 heteroatoms. The zero-order valence-corrected chi connectivity index (χ0v) is 27.9. The van der Waals surface area contributed by atoms with Crippen molar-refractivity contribution >= 4 is 0 Å². The predicted octanol–water partition coefficient (Wildman–Crippen LogP) is 10.7. The van der Waals surface area contributed by atoms with Crippen LogP contribution < -0.4 is 0 Å². The van der Waals surface area contributed by atoms with E-state index in [1.54, 1.807) is 0 Å². The van der Waals surface area contributed by atoms with Crippen LogP contribution in [0.4, 0.5) is 0 Å². The van der Waals surface area contributed by atoms with Gasteiger partial charge in [-0.05, 0) is 99.9 Å². The number of aryl methyl sites for hydroxylation is 4. The summed E-state index contributed by atoms with van der Waals surface area (Å²) in [6.45, 7) is 26.3. The average Bonchev–Trinajstić information content (AvgIpc) is 2.92. The second-order valence-corrected chi connectivity index (χ2v) is 14.2. The van der Waals surface area contributed by atoms with Crippen LogP contribution >= 0.6 is 0 Å². The maximum atomic E-state index is 6.51. The highest BCUT2D eigenvalue weighted by atomic mass is 17.2. The van der Waals surface area contributed by atoms with Gasteiger partial charge >= 0.3 is 0 Å². The van der Waals surface area contributed by atoms with E-state index in [1.807, 2.05) is 0 Å². The van der Waals surface area contributed by atoms with Gasteiger partial charge in [0.15, 0.2) is 0 Å². The molecule has 0 saturated heterocycles. The summed E-state index contributed by atoms with van der Waals surface area (Å²) in [6.07, 6.45) is 0. The van der Waals surface area contributed by atoms with Crippen LogP contribution in [0.1, 0.15) is 111 Å². The number of rotatable bonds is 9. The third-order valence-corrected chi connectivity index (χ3v) is 9.10. The third-order valence-electron chi connectivity index (χ3n) is 9.10. The van der Waals surface area contributed by atoms with E-state index in [0.29, 0.717) is 0 Å². The Hall–Kier alpha value is -3.20. The Labute approximate surface area is 255 Å². The lowest BCUT2D eigenvalue weighted by Gasteiger charge is -2.39. The molecule has 0 unspecified atom stereocenters. The van der Waals surface area contributed by atoms with E-state index in [-0.39, 0.29) is 10.8 Å². The Morgan fingerprint density at radius 3 is 1.02 bits per heavy atom. The Balaban J connectivity index is 1.71. The van der Waals surface area contributed by atoms with E-state index in [9.17, 15) is 0 Å². The highest BCUT2D eigenvalue weighted by Gasteiger charge is 2.38. The van der Waals surface area contributed by atoms with Crippen LogP contribution in [0.5, 0.6) is 0 Å². The molecule has 0 aliphatic carbocycles. The van der Waals surface area contributed by atoms with E-state index >= 15 is 0 Å². The van der Waals surface area contributed by atoms with Gasteiger partial charge in [0.05, 0.1) is 0 Å². The molecular formula is C40H50O2. The third kappa shape index (κ3) is 6.12. The summed E-state index contributed by atoms with van der Waals surface area (Å²) < 4.78 is 0. The van der Waals surface area contributed by atoms with Crippen molar-refractivity contribution in [3.05, 3.63) is 141 Å². The molecule has 4 aromatic rings. The molecule has 0 aliphatic heterocycles. The van der Waals surface area contributed by atoms with E-state index in [4.69, 9.17) is 9.78 Å². The van der Waals surface area contributed by atoms with Gasteiger partial charge in [0.1, 0.15) is 11.2 Å². The Bertz CT molecular complexity index is 1420. The quantitative estimate of drug-likeness (QED) is 0.149. The standard InChI is InChI=1S/C40H50O2/c1-27-19-23-31(24-20-27)37(5,6)35-29(3)15-13-17-33(35)39(9,10)41-42-40(11,12)34-18-14-16-30(4)36(34)38(7,8)32-25-21-28(2)22-26-32/h13-26H,1-12H3. The molecule has 0 atom stereocenters. The number of benzene rings is 4. The van der Waals surface area contributed by atoms with Crippen LogP contribution in [0.15, 0.2) is 84.9 Å². The van der Waals surface area contributed by atoms with Gasteiger partial charge in [-0.3, -0.25) is 0 Å². The number of hydrogen-bond acceptors (Lipinski definition) is 2. The summed E-state index contributed by atoms with van der Waals surface area (Å²) in [5, 5.41) is 0. The molecule has 0 spiro atoms. The van der Waals surface area contributed by atoms with Crippen LogP contribution in [-0.2, 0) is 31.8 Å². The maximum absolute atomic E-state index is 6.51. The topological polar surface area (TPSA) is 18.5 Å². The van der Waals surface area contributed by atoms with Gasteiger partial charge in [-0.25, -0.2) is 9.78 Å². The Kier molecular flexibility index (Phi) is 8.67. The lowest BCUT2D eigenvalue weighted by atomic mass is 9.71. The van der Waals surface area contributed by atoms with Gasteiger partial charge < -0.3 is 0 Å². The van der Waals surface area contributed by atoms with Crippen molar-refractivity contribution in [2.75, 3.05) is 0 Å². The summed E-state index contributed by atoms with van der Waals surface area (Å²) in [5.41, 5.74) is 10.6. The second-order valence-electron chi connectivity index (χ2n) is 14.2. The lowest BCUT2D eigenvalue weighted by Crippen LogP contribution is -2.35. The first-order valence-electron chi connectivity index (χ1n) is 15.2. The zero-order valence-electron chi connectivity index (χ0n) is 27.9. The molecule has 0 bridgehead atoms. The van der Waals surface area contributed by atoms with Crippen molar-refractivity contribution in [3.8, 4) is 0 Å². The van der Waals surface area contributed by atoms with Gasteiger partial charge in [-0.2, -0.15) is 0 Å². The molecule has 0 amide bonds. The smallest absolute Gasteiger partial charge is 0.123 e. The molecule has 0 N–H and O–H groups in total. The average molecular weight is 563 g/mol. The second kappa shape index (κ2) is 11.5. The van der Waals surface area contributed by atoms with Crippen molar-refractivity contribution in [2.45, 2.75) is 105 Å². The summed E-state index contributed by atoms with van der Waals surface area (Å²) in [7, 11) is 0. The molecule has 4 rings (SSSR count). The number of hydrogen-bond donors (Lipinski definition) is 0. The van der Waals surface area contributed by atoms with Crippen LogP contribution in [0.2, 0.25) is 0 Å². The monoisotopic (exact) mass is 562 g/mol. The van der Waals surface area contributed by atoms with Crippen molar-refractivity contribution < 1.29 is 9.78 Å². The first-order chi connectivity index (χ1) is 19.5. The first-order valence-corrected chi connectivity index (χ1v) is 15.2. The lowest BCUT2D eigenvalue weighted by molar-refractivity contribution is -0.410. The highest BCUT2D eigenvalue weighted by Crippen LogP contribution is 2.44. The first kappa shape index (κ1) is 31.7. The van der Waals surface area contributed by atoms with E-state index < -0.39 is 11.2 Å². The SMILES string of the molecule is Cc1ccc(C(C)(C)c2c(C)cccc2C(C)(C)OOC(C)(C)c2cccc(C)c2C(C)(C)c2ccc(C)cc2)cc1.